The van der Waals surface area contributed by atoms with Crippen LogP contribution in [0.15, 0.2) is 49.1 Å². The summed E-state index contributed by atoms with van der Waals surface area (Å²) in [5.74, 6) is -0.597. The van der Waals surface area contributed by atoms with E-state index in [4.69, 9.17) is 4.74 Å². The van der Waals surface area contributed by atoms with Gasteiger partial charge in [0.15, 0.2) is 11.6 Å². The van der Waals surface area contributed by atoms with E-state index in [1.165, 1.54) is 6.07 Å². The molecule has 0 saturated heterocycles. The number of halogens is 3. The van der Waals surface area contributed by atoms with E-state index < -0.39 is 11.6 Å². The Kier molecular flexibility index (Phi) is 10.7. The molecule has 0 radical (unpaired) electrons. The lowest BCUT2D eigenvalue weighted by Crippen LogP contribution is -2.25. The lowest BCUT2D eigenvalue weighted by atomic mass is 9.74. The van der Waals surface area contributed by atoms with Crippen molar-refractivity contribution < 1.29 is 23.0 Å². The molecule has 4 rings (SSSR count). The molecule has 1 N–H and O–H groups in total. The van der Waals surface area contributed by atoms with Gasteiger partial charge in [-0.3, -0.25) is 0 Å². The Morgan fingerprint density at radius 1 is 0.923 bits per heavy atom. The van der Waals surface area contributed by atoms with E-state index in [0.29, 0.717) is 35.5 Å². The predicted molar refractivity (Wildman–Crippen MR) is 152 cm³/mol. The SMILES string of the molecule is C=CCCOc1ccc(/C=C/C2CCC(c3ccc(C4CCC(C(O)CCC)CC4)c(F)c3F)CC2)c(F)c1. The average molecular weight is 541 g/mol. The quantitative estimate of drug-likeness (QED) is 0.227. The topological polar surface area (TPSA) is 29.5 Å². The highest BCUT2D eigenvalue weighted by atomic mass is 19.2. The van der Waals surface area contributed by atoms with Crippen LogP contribution in [0.25, 0.3) is 6.08 Å². The van der Waals surface area contributed by atoms with E-state index in [9.17, 15) is 9.50 Å². The maximum absolute atomic E-state index is 15.3. The minimum absolute atomic E-state index is 0.00172. The van der Waals surface area contributed by atoms with Gasteiger partial charge in [-0.05, 0) is 111 Å². The van der Waals surface area contributed by atoms with Gasteiger partial charge < -0.3 is 9.84 Å². The smallest absolute Gasteiger partial charge is 0.162 e. The number of ether oxygens (including phenoxy) is 1. The molecular formula is C34H43F3O2. The molecular weight excluding hydrogens is 497 g/mol. The normalized spacial score (nSPS) is 24.5. The van der Waals surface area contributed by atoms with Gasteiger partial charge in [0.05, 0.1) is 12.7 Å². The molecule has 0 spiro atoms. The summed E-state index contributed by atoms with van der Waals surface area (Å²) in [5, 5.41) is 10.3. The van der Waals surface area contributed by atoms with Gasteiger partial charge in [0.2, 0.25) is 0 Å². The summed E-state index contributed by atoms with van der Waals surface area (Å²) in [7, 11) is 0. The minimum Gasteiger partial charge on any atom is -0.493 e. The van der Waals surface area contributed by atoms with Crippen molar-refractivity contribution in [2.45, 2.75) is 95.5 Å². The maximum Gasteiger partial charge on any atom is 0.162 e. The van der Waals surface area contributed by atoms with Crippen LogP contribution < -0.4 is 4.74 Å². The Morgan fingerprint density at radius 3 is 2.10 bits per heavy atom. The molecule has 2 saturated carbocycles. The molecule has 0 heterocycles. The first-order valence-corrected chi connectivity index (χ1v) is 14.8. The summed E-state index contributed by atoms with van der Waals surface area (Å²) < 4.78 is 50.5. The summed E-state index contributed by atoms with van der Waals surface area (Å²) in [5.41, 5.74) is 1.50. The van der Waals surface area contributed by atoms with Crippen molar-refractivity contribution in [1.29, 1.82) is 0 Å². The molecule has 2 aliphatic rings. The zero-order chi connectivity index (χ0) is 27.8. The van der Waals surface area contributed by atoms with E-state index in [0.717, 1.165) is 64.2 Å². The molecule has 1 atom stereocenters. The molecule has 2 fully saturated rings. The van der Waals surface area contributed by atoms with Crippen molar-refractivity contribution in [2.24, 2.45) is 11.8 Å². The summed E-state index contributed by atoms with van der Waals surface area (Å²) in [6.07, 6.45) is 14.4. The number of hydrogen-bond donors (Lipinski definition) is 1. The second-order valence-electron chi connectivity index (χ2n) is 11.4. The zero-order valence-electron chi connectivity index (χ0n) is 23.2. The first kappa shape index (κ1) is 29.5. The van der Waals surface area contributed by atoms with E-state index in [2.05, 4.69) is 13.5 Å². The van der Waals surface area contributed by atoms with Gasteiger partial charge in [0.25, 0.3) is 0 Å². The third-order valence-corrected chi connectivity index (χ3v) is 8.80. The Balaban J connectivity index is 1.31. The second kappa shape index (κ2) is 14.2. The highest BCUT2D eigenvalue weighted by Gasteiger charge is 2.31. The molecule has 1 unspecified atom stereocenters. The highest BCUT2D eigenvalue weighted by Crippen LogP contribution is 2.42. The van der Waals surface area contributed by atoms with Gasteiger partial charge >= 0.3 is 0 Å². The molecule has 39 heavy (non-hydrogen) atoms. The molecule has 2 aliphatic carbocycles. The Bertz CT molecular complexity index is 1110. The lowest BCUT2D eigenvalue weighted by Gasteiger charge is -2.32. The third kappa shape index (κ3) is 7.57. The fourth-order valence-corrected chi connectivity index (χ4v) is 6.41. The van der Waals surface area contributed by atoms with Crippen LogP contribution >= 0.6 is 0 Å². The van der Waals surface area contributed by atoms with Crippen molar-refractivity contribution >= 4 is 6.08 Å². The van der Waals surface area contributed by atoms with E-state index in [1.807, 2.05) is 12.2 Å². The van der Waals surface area contributed by atoms with Crippen molar-refractivity contribution in [1.82, 2.24) is 0 Å². The summed E-state index contributed by atoms with van der Waals surface area (Å²) in [6.45, 7) is 6.19. The first-order chi connectivity index (χ1) is 18.9. The number of aliphatic hydroxyl groups excluding tert-OH is 1. The van der Waals surface area contributed by atoms with Crippen LogP contribution in [-0.2, 0) is 0 Å². The summed E-state index contributed by atoms with van der Waals surface area (Å²) in [6, 6.07) is 8.51. The molecule has 2 aromatic rings. The molecule has 0 aromatic heterocycles. The maximum atomic E-state index is 15.3. The number of rotatable bonds is 11. The van der Waals surface area contributed by atoms with E-state index in [1.54, 1.807) is 30.3 Å². The van der Waals surface area contributed by atoms with Gasteiger partial charge in [-0.1, -0.05) is 43.7 Å². The summed E-state index contributed by atoms with van der Waals surface area (Å²) >= 11 is 0. The largest absolute Gasteiger partial charge is 0.493 e. The van der Waals surface area contributed by atoms with Gasteiger partial charge in [-0.25, -0.2) is 13.2 Å². The van der Waals surface area contributed by atoms with Gasteiger partial charge in [-0.2, -0.15) is 0 Å². The first-order valence-electron chi connectivity index (χ1n) is 14.8. The van der Waals surface area contributed by atoms with Crippen LogP contribution in [0.3, 0.4) is 0 Å². The summed E-state index contributed by atoms with van der Waals surface area (Å²) in [4.78, 5) is 0. The van der Waals surface area contributed by atoms with Crippen molar-refractivity contribution in [3.8, 4) is 5.75 Å². The molecule has 0 aliphatic heterocycles. The number of benzene rings is 2. The van der Waals surface area contributed by atoms with Crippen LogP contribution in [0.1, 0.15) is 106 Å². The third-order valence-electron chi connectivity index (χ3n) is 8.80. The number of hydrogen-bond acceptors (Lipinski definition) is 2. The molecule has 0 amide bonds. The Morgan fingerprint density at radius 2 is 1.54 bits per heavy atom. The second-order valence-corrected chi connectivity index (χ2v) is 11.4. The van der Waals surface area contributed by atoms with Crippen LogP contribution in [0, 0.1) is 29.3 Å². The highest BCUT2D eigenvalue weighted by molar-refractivity contribution is 5.52. The van der Waals surface area contributed by atoms with E-state index in [-0.39, 0.29) is 35.6 Å². The fourth-order valence-electron chi connectivity index (χ4n) is 6.41. The molecule has 0 bridgehead atoms. The van der Waals surface area contributed by atoms with Crippen molar-refractivity contribution in [2.75, 3.05) is 6.61 Å². The average Bonchev–Trinajstić information content (AvgIpc) is 2.95. The van der Waals surface area contributed by atoms with E-state index >= 15 is 8.78 Å². The Labute approximate surface area is 232 Å². The molecule has 212 valence electrons. The lowest BCUT2D eigenvalue weighted by molar-refractivity contribution is 0.0727. The molecule has 2 nitrogen and oxygen atoms in total. The predicted octanol–water partition coefficient (Wildman–Crippen LogP) is 9.48. The standard InChI is InChI=1S/C34H43F3O2/c1-3-5-21-39-28-18-17-26(31(35)22-28)12-9-23-7-10-24(11-8-23)29-19-20-30(34(37)33(29)36)25-13-15-27(16-14-25)32(38)6-4-2/h3,9,12,17-20,22-25,27,32,38H,1,4-8,10-11,13-16,21H2,2H3/b12-9+. The van der Waals surface area contributed by atoms with Gasteiger partial charge in [-0.15, -0.1) is 6.58 Å². The minimum atomic E-state index is -0.683. The van der Waals surface area contributed by atoms with Crippen LogP contribution in [-0.4, -0.2) is 17.8 Å². The number of aliphatic hydroxyl groups is 1. The van der Waals surface area contributed by atoms with Crippen molar-refractivity contribution in [3.05, 3.63) is 83.2 Å². The zero-order valence-corrected chi connectivity index (χ0v) is 23.2. The van der Waals surface area contributed by atoms with Gasteiger partial charge in [0, 0.05) is 11.6 Å². The van der Waals surface area contributed by atoms with Crippen LogP contribution in [0.4, 0.5) is 13.2 Å². The monoisotopic (exact) mass is 540 g/mol. The Hall–Kier alpha value is -2.53. The number of allylic oxidation sites excluding steroid dienone is 1. The van der Waals surface area contributed by atoms with Crippen molar-refractivity contribution in [3.63, 3.8) is 0 Å². The van der Waals surface area contributed by atoms with Crippen LogP contribution in [0.2, 0.25) is 0 Å². The fraction of sp³-hybridized carbons (Fsp3) is 0.529. The molecule has 2 aromatic carbocycles. The molecule has 5 heteroatoms. The van der Waals surface area contributed by atoms with Gasteiger partial charge in [0.1, 0.15) is 11.6 Å². The van der Waals surface area contributed by atoms with Crippen LogP contribution in [0.5, 0.6) is 5.75 Å².